The molecule has 166 valence electrons. The van der Waals surface area contributed by atoms with Crippen LogP contribution in [-0.2, 0) is 14.3 Å². The highest BCUT2D eigenvalue weighted by Gasteiger charge is 2.39. The van der Waals surface area contributed by atoms with Crippen LogP contribution in [0.2, 0.25) is 0 Å². The molecule has 1 aliphatic carbocycles. The van der Waals surface area contributed by atoms with Gasteiger partial charge in [-0.1, -0.05) is 57.9 Å². The van der Waals surface area contributed by atoms with E-state index in [2.05, 4.69) is 26.8 Å². The number of carbonyl (C=O) groups is 2. The van der Waals surface area contributed by atoms with E-state index in [1.54, 1.807) is 6.08 Å². The lowest BCUT2D eigenvalue weighted by atomic mass is 9.80. The molecule has 0 amide bonds. The second-order valence-electron chi connectivity index (χ2n) is 8.89. The number of esters is 1. The summed E-state index contributed by atoms with van der Waals surface area (Å²) in [6.45, 7) is 8.09. The monoisotopic (exact) mass is 408 g/mol. The Kier molecular flexibility index (Phi) is 11.4. The summed E-state index contributed by atoms with van der Waals surface area (Å²) in [7, 11) is 0. The molecule has 0 spiro atoms. The number of ether oxygens (including phenoxy) is 1. The molecule has 0 bridgehead atoms. The van der Waals surface area contributed by atoms with E-state index in [1.165, 1.54) is 6.92 Å². The van der Waals surface area contributed by atoms with Gasteiger partial charge in [-0.15, -0.1) is 0 Å². The second kappa shape index (κ2) is 13.0. The molecule has 1 rings (SSSR count). The largest absolute Gasteiger partial charge is 0.466 e. The first-order valence-electron chi connectivity index (χ1n) is 11.0. The minimum atomic E-state index is -0.674. The number of allylic oxidation sites excluding steroid dienone is 2. The fourth-order valence-corrected chi connectivity index (χ4v) is 3.74. The quantitative estimate of drug-likeness (QED) is 0.269. The van der Waals surface area contributed by atoms with Crippen LogP contribution in [0.25, 0.3) is 0 Å². The maximum absolute atomic E-state index is 12.3. The average Bonchev–Trinajstić information content (AvgIpc) is 2.92. The van der Waals surface area contributed by atoms with E-state index >= 15 is 0 Å². The molecular formula is C24H40O5. The molecule has 0 aliphatic heterocycles. The van der Waals surface area contributed by atoms with Crippen LogP contribution in [0.15, 0.2) is 24.3 Å². The van der Waals surface area contributed by atoms with Gasteiger partial charge in [0, 0.05) is 25.2 Å². The minimum absolute atomic E-state index is 0.0893. The summed E-state index contributed by atoms with van der Waals surface area (Å²) < 4.78 is 4.90. The highest BCUT2D eigenvalue weighted by molar-refractivity contribution is 5.84. The first kappa shape index (κ1) is 25.6. The maximum Gasteiger partial charge on any atom is 0.302 e. The molecule has 0 aromatic rings. The van der Waals surface area contributed by atoms with Gasteiger partial charge in [0.15, 0.2) is 0 Å². The predicted molar refractivity (Wildman–Crippen MR) is 115 cm³/mol. The van der Waals surface area contributed by atoms with Crippen molar-refractivity contribution in [1.29, 1.82) is 0 Å². The lowest BCUT2D eigenvalue weighted by Gasteiger charge is -2.29. The Hall–Kier alpha value is -1.46. The number of aliphatic hydroxyl groups excluding tert-OH is 2. The highest BCUT2D eigenvalue weighted by atomic mass is 16.5. The van der Waals surface area contributed by atoms with Crippen molar-refractivity contribution in [2.45, 2.75) is 91.3 Å². The van der Waals surface area contributed by atoms with Crippen molar-refractivity contribution in [3.63, 3.8) is 0 Å². The van der Waals surface area contributed by atoms with Gasteiger partial charge in [-0.25, -0.2) is 0 Å². The van der Waals surface area contributed by atoms with Crippen LogP contribution < -0.4 is 0 Å². The highest BCUT2D eigenvalue weighted by Crippen LogP contribution is 2.35. The summed E-state index contributed by atoms with van der Waals surface area (Å²) >= 11 is 0. The number of hydrogen-bond acceptors (Lipinski definition) is 5. The Balaban J connectivity index is 2.53. The third-order valence-electron chi connectivity index (χ3n) is 5.85. The summed E-state index contributed by atoms with van der Waals surface area (Å²) in [5.41, 5.74) is -0.221. The van der Waals surface area contributed by atoms with Crippen molar-refractivity contribution in [2.75, 3.05) is 6.61 Å². The zero-order valence-electron chi connectivity index (χ0n) is 18.6. The van der Waals surface area contributed by atoms with E-state index in [1.807, 2.05) is 12.2 Å². The molecule has 0 aromatic heterocycles. The molecule has 1 aliphatic rings. The van der Waals surface area contributed by atoms with Crippen LogP contribution in [0.5, 0.6) is 0 Å². The molecule has 4 atom stereocenters. The molecule has 1 saturated carbocycles. The number of Topliss-reactive ketones (excluding diaryl/α,β-unsaturated/α-hetero) is 1. The molecule has 29 heavy (non-hydrogen) atoms. The van der Waals surface area contributed by atoms with Gasteiger partial charge in [0.1, 0.15) is 5.78 Å². The molecule has 0 radical (unpaired) electrons. The number of aliphatic hydroxyl groups is 2. The third-order valence-corrected chi connectivity index (χ3v) is 5.85. The molecule has 0 unspecified atom stereocenters. The lowest BCUT2D eigenvalue weighted by Crippen LogP contribution is -2.28. The summed E-state index contributed by atoms with van der Waals surface area (Å²) in [5, 5.41) is 20.9. The Bertz CT molecular complexity index is 564. The van der Waals surface area contributed by atoms with Crippen LogP contribution >= 0.6 is 0 Å². The Morgan fingerprint density at radius 2 is 2.00 bits per heavy atom. The van der Waals surface area contributed by atoms with Crippen molar-refractivity contribution in [1.82, 2.24) is 0 Å². The van der Waals surface area contributed by atoms with Crippen LogP contribution in [0.1, 0.15) is 79.1 Å². The Labute approximate surface area is 176 Å². The van der Waals surface area contributed by atoms with E-state index in [0.29, 0.717) is 13.0 Å². The normalized spacial score (nSPS) is 23.9. The smallest absolute Gasteiger partial charge is 0.302 e. The number of carbonyl (C=O) groups excluding carboxylic acids is 2. The number of unbranched alkanes of at least 4 members (excludes halogenated alkanes) is 3. The summed E-state index contributed by atoms with van der Waals surface area (Å²) in [6.07, 6.45) is 12.9. The fourth-order valence-electron chi connectivity index (χ4n) is 3.74. The summed E-state index contributed by atoms with van der Waals surface area (Å²) in [5.74, 6) is -0.638. The maximum atomic E-state index is 12.3. The molecule has 5 heteroatoms. The van der Waals surface area contributed by atoms with E-state index in [-0.39, 0.29) is 35.4 Å². The van der Waals surface area contributed by atoms with Crippen molar-refractivity contribution in [3.05, 3.63) is 24.3 Å². The molecule has 2 N–H and O–H groups in total. The zero-order chi connectivity index (χ0) is 21.9. The van der Waals surface area contributed by atoms with Gasteiger partial charge in [-0.05, 0) is 37.5 Å². The van der Waals surface area contributed by atoms with Gasteiger partial charge in [0.25, 0.3) is 0 Å². The molecule has 5 nitrogen and oxygen atoms in total. The van der Waals surface area contributed by atoms with Gasteiger partial charge in [0.05, 0.1) is 18.8 Å². The van der Waals surface area contributed by atoms with Crippen LogP contribution in [0.4, 0.5) is 0 Å². The van der Waals surface area contributed by atoms with Crippen molar-refractivity contribution >= 4 is 11.8 Å². The summed E-state index contributed by atoms with van der Waals surface area (Å²) in [4.78, 5) is 23.0. The van der Waals surface area contributed by atoms with Gasteiger partial charge in [0.2, 0.25) is 0 Å². The van der Waals surface area contributed by atoms with Crippen molar-refractivity contribution < 1.29 is 24.5 Å². The standard InChI is InChI=1S/C24H40O5/c1-5-6-15-24(3,4)23(28)14-13-20-19(21(26)17-22(20)27)12-10-8-7-9-11-16-29-18(2)25/h8,10,13-14,19-20,22-23,27-28H,5-7,9,11-12,15-17H2,1-4H3/t19-,20-,22-,23-/m1/s1. The fraction of sp³-hybridized carbons (Fsp3) is 0.750. The number of rotatable bonds is 13. The third kappa shape index (κ3) is 9.26. The molecule has 0 heterocycles. The predicted octanol–water partition coefficient (Wildman–Crippen LogP) is 4.37. The van der Waals surface area contributed by atoms with Gasteiger partial charge in [-0.2, -0.15) is 0 Å². The van der Waals surface area contributed by atoms with Gasteiger partial charge < -0.3 is 14.9 Å². The van der Waals surface area contributed by atoms with E-state index in [9.17, 15) is 19.8 Å². The van der Waals surface area contributed by atoms with E-state index in [4.69, 9.17) is 4.74 Å². The molecule has 0 saturated heterocycles. The van der Waals surface area contributed by atoms with Crippen molar-refractivity contribution in [2.24, 2.45) is 17.3 Å². The first-order chi connectivity index (χ1) is 13.7. The second-order valence-corrected chi connectivity index (χ2v) is 8.89. The van der Waals surface area contributed by atoms with E-state index in [0.717, 1.165) is 38.5 Å². The minimum Gasteiger partial charge on any atom is -0.466 e. The molecule has 1 fully saturated rings. The molecular weight excluding hydrogens is 368 g/mol. The SMILES string of the molecule is CCCCC(C)(C)[C@H](O)C=C[C@H]1[C@H](O)CC(=O)[C@@H]1CC=CCCCCOC(C)=O. The van der Waals surface area contributed by atoms with Crippen LogP contribution in [-0.4, -0.2) is 40.8 Å². The van der Waals surface area contributed by atoms with Gasteiger partial charge >= 0.3 is 5.97 Å². The average molecular weight is 409 g/mol. The number of ketones is 1. The van der Waals surface area contributed by atoms with Gasteiger partial charge in [-0.3, -0.25) is 9.59 Å². The lowest BCUT2D eigenvalue weighted by molar-refractivity contribution is -0.141. The Morgan fingerprint density at radius 3 is 2.66 bits per heavy atom. The Morgan fingerprint density at radius 1 is 1.28 bits per heavy atom. The van der Waals surface area contributed by atoms with Crippen molar-refractivity contribution in [3.8, 4) is 0 Å². The first-order valence-corrected chi connectivity index (χ1v) is 11.0. The topological polar surface area (TPSA) is 83.8 Å². The van der Waals surface area contributed by atoms with Crippen LogP contribution in [0.3, 0.4) is 0 Å². The van der Waals surface area contributed by atoms with Crippen LogP contribution in [0, 0.1) is 17.3 Å². The van der Waals surface area contributed by atoms with E-state index < -0.39 is 12.2 Å². The number of hydrogen-bond donors (Lipinski definition) is 2. The zero-order valence-corrected chi connectivity index (χ0v) is 18.6. The summed E-state index contributed by atoms with van der Waals surface area (Å²) in [6, 6.07) is 0. The molecule has 0 aromatic carbocycles.